The third-order valence-electron chi connectivity index (χ3n) is 3.37. The molecule has 0 atom stereocenters. The lowest BCUT2D eigenvalue weighted by molar-refractivity contribution is 0.137. The first-order valence-electron chi connectivity index (χ1n) is 6.26. The largest absolute Gasteiger partial charge is 0.505 e. The van der Waals surface area contributed by atoms with Gasteiger partial charge in [0.2, 0.25) is 0 Å². The van der Waals surface area contributed by atoms with Crippen molar-refractivity contribution in [3.8, 4) is 16.9 Å². The van der Waals surface area contributed by atoms with Crippen LogP contribution in [-0.4, -0.2) is 27.7 Å². The monoisotopic (exact) mass is 316 g/mol. The highest BCUT2D eigenvalue weighted by Gasteiger charge is 2.24. The molecule has 21 heavy (non-hydrogen) atoms. The summed E-state index contributed by atoms with van der Waals surface area (Å²) in [5.74, 6) is -2.79. The maximum atomic E-state index is 13.9. The van der Waals surface area contributed by atoms with Gasteiger partial charge in [0.15, 0.2) is 11.6 Å². The molecule has 0 unspecified atom stereocenters. The van der Waals surface area contributed by atoms with Gasteiger partial charge in [0, 0.05) is 11.6 Å². The summed E-state index contributed by atoms with van der Waals surface area (Å²) in [6.07, 6.45) is 0. The van der Waals surface area contributed by atoms with E-state index in [2.05, 4.69) is 0 Å². The van der Waals surface area contributed by atoms with Gasteiger partial charge in [-0.3, -0.25) is 9.48 Å². The molecule has 1 aromatic carbocycles. The molecule has 2 aromatic rings. The second-order valence-corrected chi connectivity index (χ2v) is 4.97. The van der Waals surface area contributed by atoms with E-state index in [0.29, 0.717) is 25.8 Å². The third-order valence-corrected chi connectivity index (χ3v) is 3.76. The number of hydrogen-bond donors (Lipinski definition) is 1. The highest BCUT2D eigenvalue weighted by Crippen LogP contribution is 2.32. The maximum Gasteiger partial charge on any atom is 0.276 e. The molecule has 0 aliphatic carbocycles. The van der Waals surface area contributed by atoms with E-state index in [0.717, 1.165) is 6.07 Å². The first kappa shape index (κ1) is 14.1. The number of phenols is 1. The fourth-order valence-electron chi connectivity index (χ4n) is 2.36. The van der Waals surface area contributed by atoms with Gasteiger partial charge in [-0.05, 0) is 6.07 Å². The van der Waals surface area contributed by atoms with Crippen molar-refractivity contribution in [2.24, 2.45) is 0 Å². The SMILES string of the molecule is O=c1c(-c2cc(O)c(F)cc2F)c(Cl)n2n1CCOCC2. The van der Waals surface area contributed by atoms with E-state index in [1.807, 2.05) is 0 Å². The van der Waals surface area contributed by atoms with Gasteiger partial charge in [-0.25, -0.2) is 13.5 Å². The standard InChI is InChI=1S/C13H11ClF2N2O3/c14-12-11(7-5-10(19)9(16)6-8(7)15)13(20)18-2-4-21-3-1-17(12)18/h5-6,19H,1-4H2. The Kier molecular flexibility index (Phi) is 3.46. The highest BCUT2D eigenvalue weighted by atomic mass is 35.5. The zero-order valence-corrected chi connectivity index (χ0v) is 11.5. The molecule has 0 fully saturated rings. The number of rotatable bonds is 1. The maximum absolute atomic E-state index is 13.9. The minimum atomic E-state index is -1.10. The number of phenolic OH excluding ortho intramolecular Hbond substituents is 1. The predicted molar refractivity (Wildman–Crippen MR) is 71.5 cm³/mol. The van der Waals surface area contributed by atoms with Crippen LogP contribution < -0.4 is 5.56 Å². The molecule has 1 N–H and O–H groups in total. The molecule has 1 aliphatic rings. The Labute approximate surface area is 122 Å². The Morgan fingerprint density at radius 1 is 1.14 bits per heavy atom. The molecule has 2 heterocycles. The lowest BCUT2D eigenvalue weighted by Crippen LogP contribution is -2.23. The quantitative estimate of drug-likeness (QED) is 0.875. The minimum absolute atomic E-state index is 0.0374. The molecule has 0 spiro atoms. The highest BCUT2D eigenvalue weighted by molar-refractivity contribution is 6.32. The van der Waals surface area contributed by atoms with Crippen molar-refractivity contribution in [3.05, 3.63) is 39.3 Å². The topological polar surface area (TPSA) is 56.4 Å². The summed E-state index contributed by atoms with van der Waals surface area (Å²) in [5.41, 5.74) is -0.820. The van der Waals surface area contributed by atoms with E-state index in [-0.39, 0.29) is 22.8 Å². The van der Waals surface area contributed by atoms with Crippen LogP contribution in [0.4, 0.5) is 8.78 Å². The van der Waals surface area contributed by atoms with Gasteiger partial charge in [-0.2, -0.15) is 0 Å². The molecule has 3 rings (SSSR count). The van der Waals surface area contributed by atoms with E-state index >= 15 is 0 Å². The summed E-state index contributed by atoms with van der Waals surface area (Å²) in [4.78, 5) is 12.4. The molecule has 0 saturated heterocycles. The summed E-state index contributed by atoms with van der Waals surface area (Å²) >= 11 is 6.16. The fourth-order valence-corrected chi connectivity index (χ4v) is 2.72. The molecule has 1 aromatic heterocycles. The Morgan fingerprint density at radius 2 is 1.81 bits per heavy atom. The molecular formula is C13H11ClF2N2O3. The number of ether oxygens (including phenoxy) is 1. The Bertz CT molecular complexity index is 770. The summed E-state index contributed by atoms with van der Waals surface area (Å²) in [7, 11) is 0. The van der Waals surface area contributed by atoms with Crippen LogP contribution in [0.2, 0.25) is 5.15 Å². The van der Waals surface area contributed by atoms with Crippen LogP contribution in [-0.2, 0) is 17.8 Å². The van der Waals surface area contributed by atoms with Crippen molar-refractivity contribution in [2.45, 2.75) is 13.1 Å². The number of fused-ring (bicyclic) bond motifs is 1. The van der Waals surface area contributed by atoms with E-state index in [1.165, 1.54) is 9.36 Å². The zero-order chi connectivity index (χ0) is 15.1. The van der Waals surface area contributed by atoms with Crippen LogP contribution in [0.25, 0.3) is 11.1 Å². The molecule has 0 radical (unpaired) electrons. The Morgan fingerprint density at radius 3 is 2.52 bits per heavy atom. The van der Waals surface area contributed by atoms with Crippen molar-refractivity contribution in [3.63, 3.8) is 0 Å². The normalized spacial score (nSPS) is 14.8. The number of hydrogen-bond acceptors (Lipinski definition) is 3. The summed E-state index contributed by atoms with van der Waals surface area (Å²) in [6.45, 7) is 1.36. The Hall–Kier alpha value is -1.86. The van der Waals surface area contributed by atoms with E-state index in [9.17, 15) is 18.7 Å². The summed E-state index contributed by atoms with van der Waals surface area (Å²) in [6, 6.07) is 1.39. The van der Waals surface area contributed by atoms with Gasteiger partial charge >= 0.3 is 0 Å². The molecule has 0 amide bonds. The van der Waals surface area contributed by atoms with Gasteiger partial charge in [0.05, 0.1) is 31.9 Å². The van der Waals surface area contributed by atoms with Gasteiger partial charge in [0.25, 0.3) is 5.56 Å². The second kappa shape index (κ2) is 5.16. The minimum Gasteiger partial charge on any atom is -0.505 e. The van der Waals surface area contributed by atoms with Crippen LogP contribution in [0.5, 0.6) is 5.75 Å². The summed E-state index contributed by atoms with van der Waals surface area (Å²) in [5, 5.41) is 9.43. The van der Waals surface area contributed by atoms with Crippen LogP contribution in [0, 0.1) is 11.6 Å². The first-order chi connectivity index (χ1) is 10.0. The van der Waals surface area contributed by atoms with Crippen LogP contribution in [0.1, 0.15) is 0 Å². The molecular weight excluding hydrogens is 306 g/mol. The first-order valence-corrected chi connectivity index (χ1v) is 6.63. The lowest BCUT2D eigenvalue weighted by Gasteiger charge is -2.06. The van der Waals surface area contributed by atoms with E-state index < -0.39 is 22.9 Å². The molecule has 0 bridgehead atoms. The van der Waals surface area contributed by atoms with Gasteiger partial charge < -0.3 is 9.84 Å². The van der Waals surface area contributed by atoms with Gasteiger partial charge in [-0.15, -0.1) is 0 Å². The molecule has 112 valence electrons. The average molecular weight is 317 g/mol. The van der Waals surface area contributed by atoms with Crippen LogP contribution in [0.15, 0.2) is 16.9 Å². The third kappa shape index (κ3) is 2.22. The number of benzene rings is 1. The van der Waals surface area contributed by atoms with Crippen molar-refractivity contribution < 1.29 is 18.6 Å². The van der Waals surface area contributed by atoms with Crippen molar-refractivity contribution in [1.29, 1.82) is 0 Å². The smallest absolute Gasteiger partial charge is 0.276 e. The van der Waals surface area contributed by atoms with Gasteiger partial charge in [-0.1, -0.05) is 11.6 Å². The van der Waals surface area contributed by atoms with Crippen molar-refractivity contribution in [1.82, 2.24) is 9.36 Å². The zero-order valence-electron chi connectivity index (χ0n) is 10.8. The molecule has 8 heteroatoms. The second-order valence-electron chi connectivity index (χ2n) is 4.61. The lowest BCUT2D eigenvalue weighted by atomic mass is 10.1. The van der Waals surface area contributed by atoms with Crippen molar-refractivity contribution >= 4 is 11.6 Å². The molecule has 1 aliphatic heterocycles. The number of aromatic hydroxyl groups is 1. The Balaban J connectivity index is 2.25. The van der Waals surface area contributed by atoms with Crippen LogP contribution in [0.3, 0.4) is 0 Å². The van der Waals surface area contributed by atoms with E-state index in [4.69, 9.17) is 16.3 Å². The van der Waals surface area contributed by atoms with Crippen molar-refractivity contribution in [2.75, 3.05) is 13.2 Å². The molecule has 5 nitrogen and oxygen atoms in total. The number of halogens is 3. The van der Waals surface area contributed by atoms with E-state index in [1.54, 1.807) is 0 Å². The van der Waals surface area contributed by atoms with Gasteiger partial charge in [0.1, 0.15) is 11.0 Å². The number of aromatic nitrogens is 2. The summed E-state index contributed by atoms with van der Waals surface area (Å²) < 4.78 is 35.1. The average Bonchev–Trinajstić information content (AvgIpc) is 2.63. The molecule has 0 saturated carbocycles. The fraction of sp³-hybridized carbons (Fsp3) is 0.308. The van der Waals surface area contributed by atoms with Crippen LogP contribution >= 0.6 is 11.6 Å². The predicted octanol–water partition coefficient (Wildman–Crippen LogP) is 1.98. The number of nitrogens with zero attached hydrogens (tertiary/aromatic N) is 2.